The quantitative estimate of drug-likeness (QED) is 0.659. The number of benzene rings is 1. The van der Waals surface area contributed by atoms with Crippen LogP contribution < -0.4 is 5.32 Å². The van der Waals surface area contributed by atoms with E-state index in [1.807, 2.05) is 17.0 Å². The monoisotopic (exact) mass is 281 g/mol. The highest BCUT2D eigenvalue weighted by atomic mass is 35.5. The lowest BCUT2D eigenvalue weighted by molar-refractivity contribution is -0.117. The maximum Gasteiger partial charge on any atom is 0.238 e. The van der Waals surface area contributed by atoms with E-state index in [2.05, 4.69) is 10.5 Å². The third-order valence-electron chi connectivity index (χ3n) is 3.09. The molecule has 2 N–H and O–H groups in total. The average molecular weight is 282 g/mol. The van der Waals surface area contributed by atoms with Crippen LogP contribution in [0.1, 0.15) is 12.8 Å². The number of carbonyl (C=O) groups is 1. The molecule has 6 heteroatoms. The molecule has 0 aromatic heterocycles. The predicted molar refractivity (Wildman–Crippen MR) is 75.0 cm³/mol. The van der Waals surface area contributed by atoms with Gasteiger partial charge < -0.3 is 10.5 Å². The predicted octanol–water partition coefficient (Wildman–Crippen LogP) is 2.20. The molecule has 0 aliphatic carbocycles. The molecule has 19 heavy (non-hydrogen) atoms. The van der Waals surface area contributed by atoms with E-state index in [1.165, 1.54) is 0 Å². The number of amides is 1. The van der Waals surface area contributed by atoms with Crippen molar-refractivity contribution < 1.29 is 10.0 Å². The van der Waals surface area contributed by atoms with Crippen molar-refractivity contribution in [3.05, 3.63) is 29.3 Å². The largest absolute Gasteiger partial charge is 0.411 e. The molecular formula is C13H16ClN3O2. The molecule has 2 rings (SSSR count). The van der Waals surface area contributed by atoms with Crippen LogP contribution in [-0.2, 0) is 4.79 Å². The SMILES string of the molecule is O=C(CN1CCC(=NO)CC1)Nc1ccccc1Cl. The Morgan fingerprint density at radius 1 is 1.37 bits per heavy atom. The van der Waals surface area contributed by atoms with E-state index >= 15 is 0 Å². The zero-order valence-corrected chi connectivity index (χ0v) is 11.2. The molecule has 0 atom stereocenters. The molecule has 102 valence electrons. The lowest BCUT2D eigenvalue weighted by atomic mass is 10.1. The van der Waals surface area contributed by atoms with Crippen molar-refractivity contribution in [2.24, 2.45) is 5.16 Å². The molecule has 1 aromatic rings. The van der Waals surface area contributed by atoms with Crippen molar-refractivity contribution in [3.8, 4) is 0 Å². The van der Waals surface area contributed by atoms with Crippen molar-refractivity contribution in [2.45, 2.75) is 12.8 Å². The van der Waals surface area contributed by atoms with Gasteiger partial charge in [0.2, 0.25) is 5.91 Å². The molecule has 0 bridgehead atoms. The first-order chi connectivity index (χ1) is 9.19. The molecule has 1 amide bonds. The highest BCUT2D eigenvalue weighted by Gasteiger charge is 2.18. The van der Waals surface area contributed by atoms with Crippen LogP contribution in [0.3, 0.4) is 0 Å². The molecule has 0 saturated carbocycles. The second-order valence-electron chi connectivity index (χ2n) is 4.47. The summed E-state index contributed by atoms with van der Waals surface area (Å²) >= 11 is 5.98. The number of nitrogens with one attached hydrogen (secondary N) is 1. The van der Waals surface area contributed by atoms with Gasteiger partial charge in [0.15, 0.2) is 0 Å². The number of hydrogen-bond donors (Lipinski definition) is 2. The van der Waals surface area contributed by atoms with Crippen LogP contribution in [0.15, 0.2) is 29.4 Å². The van der Waals surface area contributed by atoms with E-state index in [9.17, 15) is 4.79 Å². The number of oxime groups is 1. The lowest BCUT2D eigenvalue weighted by Crippen LogP contribution is -2.39. The van der Waals surface area contributed by atoms with Gasteiger partial charge in [0.25, 0.3) is 0 Å². The molecule has 1 aromatic carbocycles. The zero-order valence-electron chi connectivity index (χ0n) is 10.5. The highest BCUT2D eigenvalue weighted by Crippen LogP contribution is 2.20. The first-order valence-electron chi connectivity index (χ1n) is 6.15. The number of rotatable bonds is 3. The van der Waals surface area contributed by atoms with Crippen molar-refractivity contribution in [3.63, 3.8) is 0 Å². The van der Waals surface area contributed by atoms with Crippen molar-refractivity contribution in [1.82, 2.24) is 4.90 Å². The van der Waals surface area contributed by atoms with Crippen LogP contribution in [0.2, 0.25) is 5.02 Å². The second kappa shape index (κ2) is 6.54. The van der Waals surface area contributed by atoms with Gasteiger partial charge in [-0.25, -0.2) is 0 Å². The Morgan fingerprint density at radius 3 is 2.68 bits per heavy atom. The molecule has 1 heterocycles. The summed E-state index contributed by atoms with van der Waals surface area (Å²) in [6, 6.07) is 7.15. The summed E-state index contributed by atoms with van der Waals surface area (Å²) < 4.78 is 0. The summed E-state index contributed by atoms with van der Waals surface area (Å²) in [4.78, 5) is 13.9. The summed E-state index contributed by atoms with van der Waals surface area (Å²) in [7, 11) is 0. The molecule has 1 saturated heterocycles. The maximum absolute atomic E-state index is 11.9. The van der Waals surface area contributed by atoms with E-state index in [-0.39, 0.29) is 5.91 Å². The Morgan fingerprint density at radius 2 is 2.05 bits per heavy atom. The minimum atomic E-state index is -0.0857. The Kier molecular flexibility index (Phi) is 4.76. The van der Waals surface area contributed by atoms with Gasteiger partial charge in [0, 0.05) is 25.9 Å². The van der Waals surface area contributed by atoms with E-state index < -0.39 is 0 Å². The van der Waals surface area contributed by atoms with Gasteiger partial charge in [0.05, 0.1) is 23.0 Å². The maximum atomic E-state index is 11.9. The van der Waals surface area contributed by atoms with Crippen LogP contribution in [-0.4, -0.2) is 41.4 Å². The molecule has 1 aliphatic rings. The smallest absolute Gasteiger partial charge is 0.238 e. The minimum absolute atomic E-state index is 0.0857. The minimum Gasteiger partial charge on any atom is -0.411 e. The lowest BCUT2D eigenvalue weighted by Gasteiger charge is -2.26. The third kappa shape index (κ3) is 3.94. The fraction of sp³-hybridized carbons (Fsp3) is 0.385. The third-order valence-corrected chi connectivity index (χ3v) is 3.42. The standard InChI is InChI=1S/C13H16ClN3O2/c14-11-3-1-2-4-12(11)15-13(18)9-17-7-5-10(16-19)6-8-17/h1-4,19H,5-9H2,(H,15,18). The van der Waals surface area contributed by atoms with E-state index in [1.54, 1.807) is 12.1 Å². The molecule has 0 unspecified atom stereocenters. The number of likely N-dealkylation sites (tertiary alicyclic amines) is 1. The van der Waals surface area contributed by atoms with Gasteiger partial charge in [-0.05, 0) is 12.1 Å². The Balaban J connectivity index is 1.84. The average Bonchev–Trinajstić information content (AvgIpc) is 2.42. The molecule has 0 spiro atoms. The zero-order chi connectivity index (χ0) is 13.7. The number of hydrogen-bond acceptors (Lipinski definition) is 4. The van der Waals surface area contributed by atoms with E-state index in [4.69, 9.17) is 16.8 Å². The fourth-order valence-corrected chi connectivity index (χ4v) is 2.21. The van der Waals surface area contributed by atoms with Crippen molar-refractivity contribution >= 4 is 28.9 Å². The van der Waals surface area contributed by atoms with Crippen LogP contribution >= 0.6 is 11.6 Å². The molecule has 5 nitrogen and oxygen atoms in total. The van der Waals surface area contributed by atoms with Gasteiger partial charge in [-0.2, -0.15) is 0 Å². The van der Waals surface area contributed by atoms with E-state index in [0.29, 0.717) is 30.1 Å². The number of piperidine rings is 1. The number of para-hydroxylation sites is 1. The summed E-state index contributed by atoms with van der Waals surface area (Å²) in [5.74, 6) is -0.0857. The van der Waals surface area contributed by atoms with Crippen molar-refractivity contribution in [2.75, 3.05) is 25.0 Å². The number of anilines is 1. The summed E-state index contributed by atoms with van der Waals surface area (Å²) in [5, 5.41) is 15.2. The topological polar surface area (TPSA) is 64.9 Å². The van der Waals surface area contributed by atoms with Gasteiger partial charge in [-0.1, -0.05) is 28.9 Å². The van der Waals surface area contributed by atoms with E-state index in [0.717, 1.165) is 18.8 Å². The van der Waals surface area contributed by atoms with Crippen molar-refractivity contribution in [1.29, 1.82) is 0 Å². The van der Waals surface area contributed by atoms with Crippen LogP contribution in [0.25, 0.3) is 0 Å². The summed E-state index contributed by atoms with van der Waals surface area (Å²) in [6.07, 6.45) is 1.41. The van der Waals surface area contributed by atoms with Crippen LogP contribution in [0.4, 0.5) is 5.69 Å². The molecule has 1 fully saturated rings. The number of nitrogens with zero attached hydrogens (tertiary/aromatic N) is 2. The van der Waals surface area contributed by atoms with Gasteiger partial charge >= 0.3 is 0 Å². The normalized spacial score (nSPS) is 16.2. The van der Waals surface area contributed by atoms with Gasteiger partial charge in [-0.15, -0.1) is 0 Å². The molecule has 1 aliphatic heterocycles. The Labute approximate surface area is 116 Å². The summed E-state index contributed by atoms with van der Waals surface area (Å²) in [5.41, 5.74) is 1.42. The molecular weight excluding hydrogens is 266 g/mol. The first kappa shape index (κ1) is 13.8. The fourth-order valence-electron chi connectivity index (χ4n) is 2.02. The van der Waals surface area contributed by atoms with Gasteiger partial charge in [0.1, 0.15) is 0 Å². The van der Waals surface area contributed by atoms with Crippen LogP contribution in [0, 0.1) is 0 Å². The second-order valence-corrected chi connectivity index (χ2v) is 4.88. The Bertz CT molecular complexity index is 481. The number of carbonyl (C=O) groups excluding carboxylic acids is 1. The first-order valence-corrected chi connectivity index (χ1v) is 6.53. The highest BCUT2D eigenvalue weighted by molar-refractivity contribution is 6.33. The molecule has 0 radical (unpaired) electrons. The summed E-state index contributed by atoms with van der Waals surface area (Å²) in [6.45, 7) is 1.79. The van der Waals surface area contributed by atoms with Gasteiger partial charge in [-0.3, -0.25) is 9.69 Å². The Hall–Kier alpha value is -1.59. The van der Waals surface area contributed by atoms with Crippen LogP contribution in [0.5, 0.6) is 0 Å². The number of halogens is 1.